The largest absolute Gasteiger partial charge is 0.511 e. The van der Waals surface area contributed by atoms with Crippen LogP contribution in [-0.4, -0.2) is 92.4 Å². The van der Waals surface area contributed by atoms with Crippen LogP contribution in [0.15, 0.2) is 49.1 Å². The number of carbonyl (C=O) groups is 2. The Hall–Kier alpha value is -3.74. The number of ether oxygens (including phenoxy) is 3. The molecule has 12 heteroatoms. The summed E-state index contributed by atoms with van der Waals surface area (Å²) in [6, 6.07) is 8.77. The number of carbonyl (C=O) groups excluding carboxylic acids is 2. The molecule has 0 aliphatic heterocycles. The molecule has 0 aliphatic carbocycles. The lowest BCUT2D eigenvalue weighted by Crippen LogP contribution is -2.30. The third-order valence-electron chi connectivity index (χ3n) is 8.67. The van der Waals surface area contributed by atoms with Crippen molar-refractivity contribution in [1.29, 1.82) is 0 Å². The van der Waals surface area contributed by atoms with E-state index in [1.807, 2.05) is 26.2 Å². The lowest BCUT2D eigenvalue weighted by Gasteiger charge is -2.27. The van der Waals surface area contributed by atoms with Gasteiger partial charge in [-0.25, -0.2) is 14.8 Å². The first-order valence-electron chi connectivity index (χ1n) is 18.1. The molecule has 0 saturated carbocycles. The summed E-state index contributed by atoms with van der Waals surface area (Å²) in [6.07, 6.45) is 12.3. The molecule has 2 N–H and O–H groups in total. The zero-order chi connectivity index (χ0) is 35.3. The molecule has 0 fully saturated rings. The lowest BCUT2D eigenvalue weighted by molar-refractivity contribution is -0.154. The minimum Gasteiger partial charge on any atom is -0.431 e. The Morgan fingerprint density at radius 2 is 1.39 bits per heavy atom. The molecule has 0 radical (unpaired) electrons. The van der Waals surface area contributed by atoms with Crippen molar-refractivity contribution < 1.29 is 23.8 Å². The maximum Gasteiger partial charge on any atom is 0.511 e. The molecule has 49 heavy (non-hydrogen) atoms. The summed E-state index contributed by atoms with van der Waals surface area (Å²) in [5.74, 6) is 1.41. The number of hydrogen-bond donors (Lipinski definition) is 2. The van der Waals surface area contributed by atoms with Crippen LogP contribution in [0.5, 0.6) is 0 Å². The molecule has 0 amide bonds. The second-order valence-corrected chi connectivity index (χ2v) is 12.6. The maximum absolute atomic E-state index is 12.6. The zero-order valence-corrected chi connectivity index (χ0v) is 30.4. The average Bonchev–Trinajstić information content (AvgIpc) is 3.83. The number of unbranched alkanes of at least 4 members (excludes halogenated alkanes) is 1. The van der Waals surface area contributed by atoms with Crippen molar-refractivity contribution >= 4 is 12.1 Å². The van der Waals surface area contributed by atoms with Gasteiger partial charge in [0.1, 0.15) is 17.8 Å². The van der Waals surface area contributed by atoms with Crippen LogP contribution in [0.3, 0.4) is 0 Å². The fourth-order valence-corrected chi connectivity index (χ4v) is 5.83. The molecule has 1 unspecified atom stereocenters. The Kier molecular flexibility index (Phi) is 18.5. The molecule has 1 aromatic carbocycles. The minimum atomic E-state index is -0.814. The summed E-state index contributed by atoms with van der Waals surface area (Å²) in [5, 5.41) is 0. The third kappa shape index (κ3) is 15.1. The van der Waals surface area contributed by atoms with E-state index in [1.165, 1.54) is 11.1 Å². The highest BCUT2D eigenvalue weighted by atomic mass is 16.8. The van der Waals surface area contributed by atoms with Gasteiger partial charge in [0.05, 0.1) is 19.0 Å². The van der Waals surface area contributed by atoms with Crippen molar-refractivity contribution in [3.05, 3.63) is 71.8 Å². The number of aromatic nitrogens is 4. The van der Waals surface area contributed by atoms with Crippen molar-refractivity contribution in [3.8, 4) is 0 Å². The van der Waals surface area contributed by atoms with Gasteiger partial charge in [0.15, 0.2) is 0 Å². The second kappa shape index (κ2) is 22.8. The van der Waals surface area contributed by atoms with Crippen molar-refractivity contribution in [3.63, 3.8) is 0 Å². The molecule has 272 valence electrons. The first-order chi connectivity index (χ1) is 23.8. The summed E-state index contributed by atoms with van der Waals surface area (Å²) in [6.45, 7) is 16.9. The zero-order valence-electron chi connectivity index (χ0n) is 30.4. The molecule has 2 aromatic heterocycles. The van der Waals surface area contributed by atoms with Crippen molar-refractivity contribution in [2.24, 2.45) is 0 Å². The van der Waals surface area contributed by atoms with Gasteiger partial charge in [-0.1, -0.05) is 52.0 Å². The van der Waals surface area contributed by atoms with E-state index in [4.69, 9.17) is 14.2 Å². The standard InChI is InChI=1S/C37H59N7O5/c1-6-21-42(22-7-2)23-10-11-24-43(25-16-35(45)47-29-48-37(46)49-33(8-3)9-4)26-31-12-14-32(15-13-31)27-44(28-34-38-17-18-39-34)30(5)36-40-19-20-41-36/h12-15,17-20,30,33H,6-11,16,21-29H2,1-5H3,(H,38,39)(H,40,41). The number of nitrogens with zero attached hydrogens (tertiary/aromatic N) is 5. The predicted molar refractivity (Wildman–Crippen MR) is 190 cm³/mol. The van der Waals surface area contributed by atoms with Crippen molar-refractivity contribution in [2.45, 2.75) is 111 Å². The number of hydrogen-bond acceptors (Lipinski definition) is 10. The molecule has 3 aromatic rings. The van der Waals surface area contributed by atoms with E-state index in [2.05, 4.69) is 79.7 Å². The minimum absolute atomic E-state index is 0.0706. The van der Waals surface area contributed by atoms with Crippen LogP contribution in [0, 0.1) is 0 Å². The van der Waals surface area contributed by atoms with Crippen LogP contribution < -0.4 is 0 Å². The monoisotopic (exact) mass is 681 g/mol. The number of H-pyrrole nitrogens is 2. The molecule has 1 atom stereocenters. The van der Waals surface area contributed by atoms with Gasteiger partial charge < -0.3 is 29.1 Å². The molecule has 0 aliphatic rings. The highest BCUT2D eigenvalue weighted by Gasteiger charge is 2.20. The van der Waals surface area contributed by atoms with Gasteiger partial charge in [0.2, 0.25) is 6.79 Å². The highest BCUT2D eigenvalue weighted by Crippen LogP contribution is 2.22. The van der Waals surface area contributed by atoms with E-state index in [0.717, 1.165) is 76.6 Å². The summed E-state index contributed by atoms with van der Waals surface area (Å²) in [5.41, 5.74) is 2.37. The molecule has 12 nitrogen and oxygen atoms in total. The van der Waals surface area contributed by atoms with Crippen LogP contribution in [0.2, 0.25) is 0 Å². The normalized spacial score (nSPS) is 12.3. The average molecular weight is 682 g/mol. The maximum atomic E-state index is 12.6. The van der Waals surface area contributed by atoms with Gasteiger partial charge in [0.25, 0.3) is 0 Å². The Labute approximate surface area is 292 Å². The number of imidazole rings is 2. The Bertz CT molecular complexity index is 1280. The lowest BCUT2D eigenvalue weighted by atomic mass is 10.1. The van der Waals surface area contributed by atoms with Gasteiger partial charge in [-0.3, -0.25) is 14.6 Å². The Morgan fingerprint density at radius 3 is 1.98 bits per heavy atom. The summed E-state index contributed by atoms with van der Waals surface area (Å²) in [7, 11) is 0. The number of rotatable bonds is 25. The topological polar surface area (TPSA) is 129 Å². The smallest absolute Gasteiger partial charge is 0.431 e. The first-order valence-corrected chi connectivity index (χ1v) is 18.1. The van der Waals surface area contributed by atoms with Crippen LogP contribution in [-0.2, 0) is 38.6 Å². The molecular formula is C37H59N7O5. The van der Waals surface area contributed by atoms with E-state index in [0.29, 0.717) is 25.9 Å². The van der Waals surface area contributed by atoms with E-state index >= 15 is 0 Å². The van der Waals surface area contributed by atoms with E-state index in [1.54, 1.807) is 12.4 Å². The fourth-order valence-electron chi connectivity index (χ4n) is 5.83. The van der Waals surface area contributed by atoms with E-state index in [-0.39, 0.29) is 18.6 Å². The quantitative estimate of drug-likeness (QED) is 0.0558. The van der Waals surface area contributed by atoms with E-state index < -0.39 is 18.9 Å². The van der Waals surface area contributed by atoms with Gasteiger partial charge in [-0.05, 0) is 82.8 Å². The van der Waals surface area contributed by atoms with Crippen LogP contribution in [0.25, 0.3) is 0 Å². The predicted octanol–water partition coefficient (Wildman–Crippen LogP) is 6.83. The molecule has 3 rings (SSSR count). The third-order valence-corrected chi connectivity index (χ3v) is 8.67. The summed E-state index contributed by atoms with van der Waals surface area (Å²) >= 11 is 0. The number of aromatic amines is 2. The molecule has 2 heterocycles. The number of esters is 1. The summed E-state index contributed by atoms with van der Waals surface area (Å²) in [4.78, 5) is 47.0. The first kappa shape index (κ1) is 39.7. The van der Waals surface area contributed by atoms with Crippen LogP contribution in [0.1, 0.15) is 108 Å². The van der Waals surface area contributed by atoms with Crippen LogP contribution in [0.4, 0.5) is 4.79 Å². The molecule has 0 saturated heterocycles. The Morgan fingerprint density at radius 1 is 0.755 bits per heavy atom. The molecule has 0 bridgehead atoms. The SMILES string of the molecule is CCCN(CCC)CCCCN(CCC(=O)OCOC(=O)OC(CC)CC)Cc1ccc(CN(Cc2ncc[nH]2)C(C)c2ncc[nH]2)cc1. The van der Waals surface area contributed by atoms with Gasteiger partial charge in [-0.15, -0.1) is 0 Å². The number of nitrogens with one attached hydrogen (secondary N) is 2. The Balaban J connectivity index is 1.58. The molecular weight excluding hydrogens is 622 g/mol. The number of benzene rings is 1. The highest BCUT2D eigenvalue weighted by molar-refractivity contribution is 5.69. The summed E-state index contributed by atoms with van der Waals surface area (Å²) < 4.78 is 15.4. The fraction of sp³-hybridized carbons (Fsp3) is 0.622. The second-order valence-electron chi connectivity index (χ2n) is 12.6. The van der Waals surface area contributed by atoms with Crippen molar-refractivity contribution in [2.75, 3.05) is 39.5 Å². The van der Waals surface area contributed by atoms with Gasteiger partial charge in [-0.2, -0.15) is 0 Å². The van der Waals surface area contributed by atoms with Gasteiger partial charge in [0, 0.05) is 44.4 Å². The van der Waals surface area contributed by atoms with Gasteiger partial charge >= 0.3 is 12.1 Å². The van der Waals surface area contributed by atoms with Crippen LogP contribution >= 0.6 is 0 Å². The van der Waals surface area contributed by atoms with Crippen molar-refractivity contribution in [1.82, 2.24) is 34.6 Å². The van der Waals surface area contributed by atoms with E-state index in [9.17, 15) is 9.59 Å². The molecule has 0 spiro atoms.